The number of hydrogen-bond donors (Lipinski definition) is 0. The second-order valence-electron chi connectivity index (χ2n) is 10.1. The fourth-order valence-corrected chi connectivity index (χ4v) is 6.42. The standard InChI is InChI=1S/C38H24/c1-4-13-25(14-5-1)29-23-28-19-12-22-32-34(28)33(24-29)38-36(27-17-8-3-9-18-27)31-21-11-10-20-30(31)35(37(32)38)26-15-6-2-7-16-26/h1-24H. The molecule has 7 aromatic carbocycles. The number of benzene rings is 7. The van der Waals surface area contributed by atoms with Crippen LogP contribution in [0, 0.1) is 0 Å². The topological polar surface area (TPSA) is 0 Å². The maximum atomic E-state index is 2.42. The summed E-state index contributed by atoms with van der Waals surface area (Å²) in [6, 6.07) is 53.1. The molecule has 0 heteroatoms. The van der Waals surface area contributed by atoms with Gasteiger partial charge in [0.05, 0.1) is 0 Å². The van der Waals surface area contributed by atoms with Gasteiger partial charge in [-0.15, -0.1) is 0 Å². The van der Waals surface area contributed by atoms with Crippen molar-refractivity contribution in [1.29, 1.82) is 0 Å². The Hall–Kier alpha value is -4.94. The Morgan fingerprint density at radius 2 is 0.789 bits per heavy atom. The van der Waals surface area contributed by atoms with Crippen LogP contribution in [-0.4, -0.2) is 0 Å². The van der Waals surface area contributed by atoms with Gasteiger partial charge < -0.3 is 0 Å². The van der Waals surface area contributed by atoms with Gasteiger partial charge in [0.1, 0.15) is 0 Å². The van der Waals surface area contributed by atoms with E-state index in [1.54, 1.807) is 0 Å². The van der Waals surface area contributed by atoms with Crippen molar-refractivity contribution in [1.82, 2.24) is 0 Å². The van der Waals surface area contributed by atoms with Gasteiger partial charge in [-0.25, -0.2) is 0 Å². The van der Waals surface area contributed by atoms with Crippen LogP contribution in [0.3, 0.4) is 0 Å². The van der Waals surface area contributed by atoms with E-state index in [2.05, 4.69) is 146 Å². The summed E-state index contributed by atoms with van der Waals surface area (Å²) in [7, 11) is 0. The fourth-order valence-electron chi connectivity index (χ4n) is 6.42. The van der Waals surface area contributed by atoms with Crippen molar-refractivity contribution >= 4 is 21.5 Å². The average Bonchev–Trinajstić information content (AvgIpc) is 3.32. The molecule has 7 aromatic rings. The van der Waals surface area contributed by atoms with Crippen LogP contribution in [0.5, 0.6) is 0 Å². The molecule has 0 saturated carbocycles. The Bertz CT molecular complexity index is 1980. The highest BCUT2D eigenvalue weighted by Gasteiger charge is 2.30. The molecule has 0 radical (unpaired) electrons. The lowest BCUT2D eigenvalue weighted by Crippen LogP contribution is -1.93. The third kappa shape index (κ3) is 3.04. The van der Waals surface area contributed by atoms with Crippen molar-refractivity contribution in [2.45, 2.75) is 0 Å². The van der Waals surface area contributed by atoms with Gasteiger partial charge >= 0.3 is 0 Å². The highest BCUT2D eigenvalue weighted by atomic mass is 14.3. The third-order valence-corrected chi connectivity index (χ3v) is 7.96. The Morgan fingerprint density at radius 1 is 0.289 bits per heavy atom. The molecule has 0 amide bonds. The van der Waals surface area contributed by atoms with Crippen LogP contribution >= 0.6 is 0 Å². The van der Waals surface area contributed by atoms with Crippen LogP contribution < -0.4 is 0 Å². The molecule has 0 unspecified atom stereocenters. The zero-order valence-electron chi connectivity index (χ0n) is 20.9. The second-order valence-corrected chi connectivity index (χ2v) is 10.1. The van der Waals surface area contributed by atoms with E-state index in [4.69, 9.17) is 0 Å². The molecule has 0 saturated heterocycles. The van der Waals surface area contributed by atoms with Crippen LogP contribution in [0.25, 0.3) is 77.2 Å². The van der Waals surface area contributed by atoms with Gasteiger partial charge in [-0.05, 0) is 89.3 Å². The minimum Gasteiger partial charge on any atom is -0.0622 e. The largest absolute Gasteiger partial charge is 0.0622 e. The highest BCUT2D eigenvalue weighted by Crippen LogP contribution is 2.58. The van der Waals surface area contributed by atoms with E-state index in [9.17, 15) is 0 Å². The molecule has 176 valence electrons. The molecular formula is C38H24. The first-order valence-electron chi connectivity index (χ1n) is 13.2. The summed E-state index contributed by atoms with van der Waals surface area (Å²) in [6.07, 6.45) is 0. The summed E-state index contributed by atoms with van der Waals surface area (Å²) in [5.41, 5.74) is 13.0. The lowest BCUT2D eigenvalue weighted by molar-refractivity contribution is 1.62. The first kappa shape index (κ1) is 21.2. The molecule has 1 aliphatic carbocycles. The number of rotatable bonds is 3. The van der Waals surface area contributed by atoms with Crippen LogP contribution in [0.2, 0.25) is 0 Å². The van der Waals surface area contributed by atoms with Crippen LogP contribution in [0.1, 0.15) is 0 Å². The summed E-state index contributed by atoms with van der Waals surface area (Å²) in [5, 5.41) is 5.23. The van der Waals surface area contributed by atoms with Crippen LogP contribution in [0.15, 0.2) is 146 Å². The molecule has 0 aromatic heterocycles. The average molecular weight is 481 g/mol. The molecule has 1 aliphatic rings. The molecule has 0 heterocycles. The SMILES string of the molecule is c1ccc(-c2cc3c4c(cccc4c2)-c2c-3c(-c3ccccc3)c3ccccc3c2-c2ccccc2)cc1. The monoisotopic (exact) mass is 480 g/mol. The van der Waals surface area contributed by atoms with Crippen molar-refractivity contribution in [3.63, 3.8) is 0 Å². The molecule has 38 heavy (non-hydrogen) atoms. The molecule has 0 aliphatic heterocycles. The minimum absolute atomic E-state index is 1.25. The van der Waals surface area contributed by atoms with Crippen molar-refractivity contribution in [2.24, 2.45) is 0 Å². The quantitative estimate of drug-likeness (QED) is 0.236. The van der Waals surface area contributed by atoms with Gasteiger partial charge in [-0.1, -0.05) is 133 Å². The van der Waals surface area contributed by atoms with Crippen LogP contribution in [-0.2, 0) is 0 Å². The zero-order chi connectivity index (χ0) is 25.1. The van der Waals surface area contributed by atoms with Crippen LogP contribution in [0.4, 0.5) is 0 Å². The lowest BCUT2D eigenvalue weighted by atomic mass is 9.82. The van der Waals surface area contributed by atoms with Crippen molar-refractivity contribution in [2.75, 3.05) is 0 Å². The first-order chi connectivity index (χ1) is 18.9. The van der Waals surface area contributed by atoms with Gasteiger partial charge in [-0.3, -0.25) is 0 Å². The van der Waals surface area contributed by atoms with E-state index in [1.165, 1.54) is 77.2 Å². The van der Waals surface area contributed by atoms with E-state index in [0.717, 1.165) is 0 Å². The van der Waals surface area contributed by atoms with Crippen molar-refractivity contribution in [3.8, 4) is 55.6 Å². The molecule has 0 fully saturated rings. The molecule has 0 nitrogen and oxygen atoms in total. The normalized spacial score (nSPS) is 11.7. The highest BCUT2D eigenvalue weighted by molar-refractivity contribution is 6.28. The van der Waals surface area contributed by atoms with Gasteiger partial charge in [0, 0.05) is 0 Å². The number of fused-ring (bicyclic) bond motifs is 4. The Labute approximate surface area is 222 Å². The maximum Gasteiger partial charge on any atom is -0.000720 e. The Balaban J connectivity index is 1.60. The van der Waals surface area contributed by atoms with Gasteiger partial charge in [0.25, 0.3) is 0 Å². The van der Waals surface area contributed by atoms with Gasteiger partial charge in [0.2, 0.25) is 0 Å². The lowest BCUT2D eigenvalue weighted by Gasteiger charge is -2.20. The predicted molar refractivity (Wildman–Crippen MR) is 162 cm³/mol. The summed E-state index contributed by atoms with van der Waals surface area (Å²) >= 11 is 0. The van der Waals surface area contributed by atoms with E-state index in [0.29, 0.717) is 0 Å². The molecule has 0 N–H and O–H groups in total. The predicted octanol–water partition coefficient (Wildman–Crippen LogP) is 10.6. The molecule has 8 rings (SSSR count). The van der Waals surface area contributed by atoms with Gasteiger partial charge in [-0.2, -0.15) is 0 Å². The molecule has 0 bridgehead atoms. The van der Waals surface area contributed by atoms with E-state index >= 15 is 0 Å². The maximum absolute atomic E-state index is 2.42. The van der Waals surface area contributed by atoms with E-state index < -0.39 is 0 Å². The Morgan fingerprint density at radius 3 is 1.37 bits per heavy atom. The smallest absolute Gasteiger partial charge is 0.000720 e. The van der Waals surface area contributed by atoms with Gasteiger partial charge in [0.15, 0.2) is 0 Å². The molecule has 0 spiro atoms. The number of hydrogen-bond acceptors (Lipinski definition) is 0. The first-order valence-corrected chi connectivity index (χ1v) is 13.2. The molecule has 0 atom stereocenters. The van der Waals surface area contributed by atoms with Crippen molar-refractivity contribution < 1.29 is 0 Å². The third-order valence-electron chi connectivity index (χ3n) is 7.96. The zero-order valence-corrected chi connectivity index (χ0v) is 20.9. The molecular weight excluding hydrogens is 456 g/mol. The van der Waals surface area contributed by atoms with Crippen molar-refractivity contribution in [3.05, 3.63) is 146 Å². The van der Waals surface area contributed by atoms with E-state index in [-0.39, 0.29) is 0 Å². The summed E-state index contributed by atoms with van der Waals surface area (Å²) < 4.78 is 0. The van der Waals surface area contributed by atoms with E-state index in [1.807, 2.05) is 0 Å². The summed E-state index contributed by atoms with van der Waals surface area (Å²) in [4.78, 5) is 0. The Kier molecular flexibility index (Phi) is 4.62. The fraction of sp³-hybridized carbons (Fsp3) is 0. The summed E-state index contributed by atoms with van der Waals surface area (Å²) in [5.74, 6) is 0. The minimum atomic E-state index is 1.25. The second kappa shape index (κ2) is 8.30. The summed E-state index contributed by atoms with van der Waals surface area (Å²) in [6.45, 7) is 0.